The number of nitrogens with zero attached hydrogens (tertiary/aromatic N) is 1. The quantitative estimate of drug-likeness (QED) is 0.849. The summed E-state index contributed by atoms with van der Waals surface area (Å²) >= 11 is 3.36. The van der Waals surface area contributed by atoms with Crippen LogP contribution < -0.4 is 10.0 Å². The Kier molecular flexibility index (Phi) is 4.97. The third-order valence-corrected chi connectivity index (χ3v) is 5.07. The first-order valence-electron chi connectivity index (χ1n) is 6.34. The lowest BCUT2D eigenvalue weighted by Crippen LogP contribution is -2.27. The molecule has 2 rings (SSSR count). The van der Waals surface area contributed by atoms with Crippen LogP contribution in [-0.2, 0) is 10.0 Å². The number of hydrogen-bond acceptors (Lipinski definition) is 4. The molecule has 0 amide bonds. The fourth-order valence-corrected chi connectivity index (χ4v) is 3.34. The van der Waals surface area contributed by atoms with Crippen LogP contribution in [0, 0.1) is 0 Å². The van der Waals surface area contributed by atoms with E-state index in [1.54, 1.807) is 14.0 Å². The normalized spacial score (nSPS) is 12.9. The lowest BCUT2D eigenvalue weighted by Gasteiger charge is -2.15. The fraction of sp³-hybridized carbons (Fsp3) is 0.214. The lowest BCUT2D eigenvalue weighted by molar-refractivity contribution is 0.567. The SMILES string of the molecule is CNc1cc(S(=O)(=O)NC(C)c2ccc(Br)cc2)ccn1. The van der Waals surface area contributed by atoms with Crippen LogP contribution in [0.15, 0.2) is 52.0 Å². The summed E-state index contributed by atoms with van der Waals surface area (Å²) in [7, 11) is -1.90. The number of hydrogen-bond donors (Lipinski definition) is 2. The number of nitrogens with one attached hydrogen (secondary N) is 2. The summed E-state index contributed by atoms with van der Waals surface area (Å²) in [5.74, 6) is 0.508. The molecule has 1 unspecified atom stereocenters. The molecule has 2 aromatic rings. The van der Waals surface area contributed by atoms with Crippen LogP contribution in [0.1, 0.15) is 18.5 Å². The highest BCUT2D eigenvalue weighted by molar-refractivity contribution is 9.10. The summed E-state index contributed by atoms with van der Waals surface area (Å²) < 4.78 is 28.4. The zero-order valence-electron chi connectivity index (χ0n) is 11.7. The minimum absolute atomic E-state index is 0.186. The van der Waals surface area contributed by atoms with Gasteiger partial charge in [0.2, 0.25) is 10.0 Å². The van der Waals surface area contributed by atoms with Crippen LogP contribution in [0.4, 0.5) is 5.82 Å². The smallest absolute Gasteiger partial charge is 0.241 e. The lowest BCUT2D eigenvalue weighted by atomic mass is 10.1. The molecule has 1 heterocycles. The third-order valence-electron chi connectivity index (χ3n) is 3.00. The second kappa shape index (κ2) is 6.55. The highest BCUT2D eigenvalue weighted by atomic mass is 79.9. The van der Waals surface area contributed by atoms with Gasteiger partial charge in [0, 0.05) is 29.8 Å². The van der Waals surface area contributed by atoms with Crippen molar-refractivity contribution in [2.24, 2.45) is 0 Å². The topological polar surface area (TPSA) is 71.1 Å². The molecule has 0 bridgehead atoms. The van der Waals surface area contributed by atoms with Crippen molar-refractivity contribution >= 4 is 31.8 Å². The molecule has 0 aliphatic rings. The molecule has 0 aliphatic carbocycles. The van der Waals surface area contributed by atoms with Crippen molar-refractivity contribution < 1.29 is 8.42 Å². The molecule has 0 aliphatic heterocycles. The van der Waals surface area contributed by atoms with Crippen molar-refractivity contribution in [3.8, 4) is 0 Å². The largest absolute Gasteiger partial charge is 0.373 e. The van der Waals surface area contributed by atoms with E-state index in [9.17, 15) is 8.42 Å². The minimum Gasteiger partial charge on any atom is -0.373 e. The molecule has 5 nitrogen and oxygen atoms in total. The number of benzene rings is 1. The van der Waals surface area contributed by atoms with E-state index >= 15 is 0 Å². The van der Waals surface area contributed by atoms with E-state index in [4.69, 9.17) is 0 Å². The second-order valence-corrected chi connectivity index (χ2v) is 7.15. The van der Waals surface area contributed by atoms with Gasteiger partial charge in [0.25, 0.3) is 0 Å². The van der Waals surface area contributed by atoms with Gasteiger partial charge in [-0.25, -0.2) is 18.1 Å². The van der Waals surface area contributed by atoms with Gasteiger partial charge in [0.1, 0.15) is 5.82 Å². The Labute approximate surface area is 133 Å². The molecule has 112 valence electrons. The summed E-state index contributed by atoms with van der Waals surface area (Å²) in [6.45, 7) is 1.81. The van der Waals surface area contributed by atoms with Crippen LogP contribution in [-0.4, -0.2) is 20.4 Å². The van der Waals surface area contributed by atoms with Crippen LogP contribution in [0.3, 0.4) is 0 Å². The summed E-state index contributed by atoms with van der Waals surface area (Å²) in [6.07, 6.45) is 1.46. The Hall–Kier alpha value is -1.44. The molecular formula is C14H16BrN3O2S. The maximum Gasteiger partial charge on any atom is 0.241 e. The van der Waals surface area contributed by atoms with E-state index in [0.29, 0.717) is 5.82 Å². The maximum atomic E-state index is 12.4. The number of sulfonamides is 1. The van der Waals surface area contributed by atoms with Gasteiger partial charge < -0.3 is 5.32 Å². The van der Waals surface area contributed by atoms with E-state index in [1.807, 2.05) is 24.3 Å². The van der Waals surface area contributed by atoms with Crippen LogP contribution in [0.5, 0.6) is 0 Å². The molecule has 0 saturated heterocycles. The van der Waals surface area contributed by atoms with E-state index < -0.39 is 10.0 Å². The summed E-state index contributed by atoms with van der Waals surface area (Å²) in [5, 5.41) is 2.82. The first-order valence-corrected chi connectivity index (χ1v) is 8.61. The Morgan fingerprint density at radius 1 is 1.19 bits per heavy atom. The fourth-order valence-electron chi connectivity index (χ4n) is 1.84. The number of aromatic nitrogens is 1. The third kappa shape index (κ3) is 4.03. The van der Waals surface area contributed by atoms with Crippen molar-refractivity contribution in [3.05, 3.63) is 52.6 Å². The monoisotopic (exact) mass is 369 g/mol. The van der Waals surface area contributed by atoms with Gasteiger partial charge in [0.15, 0.2) is 0 Å². The molecule has 0 radical (unpaired) electrons. The van der Waals surface area contributed by atoms with Crippen molar-refractivity contribution in [1.82, 2.24) is 9.71 Å². The average Bonchev–Trinajstić information content (AvgIpc) is 2.47. The van der Waals surface area contributed by atoms with E-state index in [-0.39, 0.29) is 10.9 Å². The Bertz CT molecular complexity index is 717. The van der Waals surface area contributed by atoms with Crippen LogP contribution >= 0.6 is 15.9 Å². The van der Waals surface area contributed by atoms with Gasteiger partial charge in [-0.2, -0.15) is 0 Å². The van der Waals surface area contributed by atoms with Gasteiger partial charge >= 0.3 is 0 Å². The number of rotatable bonds is 5. The molecule has 7 heteroatoms. The first-order chi connectivity index (χ1) is 9.92. The van der Waals surface area contributed by atoms with Gasteiger partial charge in [0.05, 0.1) is 4.90 Å². The van der Waals surface area contributed by atoms with Crippen LogP contribution in [0.2, 0.25) is 0 Å². The Morgan fingerprint density at radius 2 is 1.86 bits per heavy atom. The second-order valence-electron chi connectivity index (χ2n) is 4.52. The standard InChI is InChI=1S/C14H16BrN3O2S/c1-10(11-3-5-12(15)6-4-11)18-21(19,20)13-7-8-17-14(9-13)16-2/h3-10,18H,1-2H3,(H,16,17). The molecule has 1 aromatic heterocycles. The van der Waals surface area contributed by atoms with Gasteiger partial charge in [-0.05, 0) is 30.7 Å². The highest BCUT2D eigenvalue weighted by Gasteiger charge is 2.18. The molecule has 0 spiro atoms. The highest BCUT2D eigenvalue weighted by Crippen LogP contribution is 2.20. The maximum absolute atomic E-state index is 12.4. The Morgan fingerprint density at radius 3 is 2.48 bits per heavy atom. The predicted molar refractivity (Wildman–Crippen MR) is 86.7 cm³/mol. The van der Waals surface area contributed by atoms with Crippen LogP contribution in [0.25, 0.3) is 0 Å². The molecule has 0 saturated carbocycles. The van der Waals surface area contributed by atoms with Crippen molar-refractivity contribution in [2.45, 2.75) is 17.9 Å². The number of halogens is 1. The van der Waals surface area contributed by atoms with E-state index in [0.717, 1.165) is 10.0 Å². The molecule has 1 atom stereocenters. The summed E-state index contributed by atoms with van der Waals surface area (Å²) in [5.41, 5.74) is 0.893. The molecule has 21 heavy (non-hydrogen) atoms. The van der Waals surface area contributed by atoms with Gasteiger partial charge in [-0.3, -0.25) is 0 Å². The number of anilines is 1. The van der Waals surface area contributed by atoms with Gasteiger partial charge in [-0.15, -0.1) is 0 Å². The molecular weight excluding hydrogens is 354 g/mol. The summed E-state index contributed by atoms with van der Waals surface area (Å²) in [6, 6.07) is 10.2. The van der Waals surface area contributed by atoms with Gasteiger partial charge in [-0.1, -0.05) is 28.1 Å². The van der Waals surface area contributed by atoms with Crippen molar-refractivity contribution in [2.75, 3.05) is 12.4 Å². The molecule has 1 aromatic carbocycles. The van der Waals surface area contributed by atoms with Crippen molar-refractivity contribution in [3.63, 3.8) is 0 Å². The predicted octanol–water partition coefficient (Wildman–Crippen LogP) is 2.93. The zero-order chi connectivity index (χ0) is 15.5. The van der Waals surface area contributed by atoms with Crippen molar-refractivity contribution in [1.29, 1.82) is 0 Å². The van der Waals surface area contributed by atoms with E-state index in [1.165, 1.54) is 18.3 Å². The minimum atomic E-state index is -3.59. The zero-order valence-corrected chi connectivity index (χ0v) is 14.1. The summed E-state index contributed by atoms with van der Waals surface area (Å²) in [4.78, 5) is 4.20. The molecule has 2 N–H and O–H groups in total. The van der Waals surface area contributed by atoms with E-state index in [2.05, 4.69) is 31.0 Å². The first kappa shape index (κ1) is 15.9. The molecule has 0 fully saturated rings. The average molecular weight is 370 g/mol. The number of pyridine rings is 1. The Balaban J connectivity index is 2.22.